The molecule has 0 fully saturated rings. The highest BCUT2D eigenvalue weighted by molar-refractivity contribution is 6.26. The van der Waals surface area contributed by atoms with E-state index in [4.69, 9.17) is 0 Å². The quantitative estimate of drug-likeness (QED) is 0.165. The van der Waals surface area contributed by atoms with Gasteiger partial charge in [-0.15, -0.1) is 0 Å². The Balaban J connectivity index is 0.892. The molecule has 0 saturated carbocycles. The first-order chi connectivity index (χ1) is 34.7. The lowest BCUT2D eigenvalue weighted by molar-refractivity contribution is 0.660. The summed E-state index contributed by atoms with van der Waals surface area (Å²) < 4.78 is 2.54. The van der Waals surface area contributed by atoms with Crippen molar-refractivity contribution in [2.45, 2.75) is 38.5 Å². The molecule has 2 aromatic heterocycles. The minimum Gasteiger partial charge on any atom is -0.310 e. The van der Waals surface area contributed by atoms with Gasteiger partial charge in [0.05, 0.1) is 16.6 Å². The topological polar surface area (TPSA) is 10.9 Å². The maximum Gasteiger partial charge on any atom is 0.0620 e. The highest BCUT2D eigenvalue weighted by Crippen LogP contribution is 2.53. The van der Waals surface area contributed by atoms with Crippen LogP contribution in [-0.4, -0.2) is 4.40 Å². The number of benzene rings is 11. The smallest absolute Gasteiger partial charge is 0.0620 e. The second-order valence-electron chi connectivity index (χ2n) is 21.0. The van der Waals surface area contributed by atoms with Gasteiger partial charge < -0.3 is 14.2 Å². The van der Waals surface area contributed by atoms with Gasteiger partial charge in [0.25, 0.3) is 0 Å². The predicted octanol–water partition coefficient (Wildman–Crippen LogP) is 18.7. The first-order valence-electron chi connectivity index (χ1n) is 25.0. The fourth-order valence-corrected chi connectivity index (χ4v) is 12.9. The lowest BCUT2D eigenvalue weighted by Crippen LogP contribution is -2.16. The summed E-state index contributed by atoms with van der Waals surface area (Å²) in [5.41, 5.74) is 21.2. The summed E-state index contributed by atoms with van der Waals surface area (Å²) >= 11 is 0. The van der Waals surface area contributed by atoms with E-state index in [-0.39, 0.29) is 10.8 Å². The van der Waals surface area contributed by atoms with E-state index in [0.29, 0.717) is 0 Å². The van der Waals surface area contributed by atoms with Crippen LogP contribution < -0.4 is 9.80 Å². The Morgan fingerprint density at radius 2 is 0.676 bits per heavy atom. The van der Waals surface area contributed by atoms with Crippen LogP contribution in [0.5, 0.6) is 0 Å². The van der Waals surface area contributed by atoms with Gasteiger partial charge >= 0.3 is 0 Å². The molecule has 0 atom stereocenters. The van der Waals surface area contributed by atoms with Gasteiger partial charge in [-0.05, 0) is 163 Å². The Labute approximate surface area is 413 Å². The maximum absolute atomic E-state index is 2.54. The molecule has 11 aromatic carbocycles. The van der Waals surface area contributed by atoms with Gasteiger partial charge in [-0.3, -0.25) is 0 Å². The molecule has 2 heterocycles. The number of rotatable bonds is 6. The van der Waals surface area contributed by atoms with Crippen molar-refractivity contribution in [1.29, 1.82) is 0 Å². The molecule has 0 radical (unpaired) electrons. The molecule has 336 valence electrons. The lowest BCUT2D eigenvalue weighted by atomic mass is 9.82. The van der Waals surface area contributed by atoms with Crippen molar-refractivity contribution < 1.29 is 0 Å². The minimum absolute atomic E-state index is 0.102. The Kier molecular flexibility index (Phi) is 8.19. The van der Waals surface area contributed by atoms with Crippen LogP contribution in [0.1, 0.15) is 49.9 Å². The summed E-state index contributed by atoms with van der Waals surface area (Å²) in [7, 11) is 0. The van der Waals surface area contributed by atoms with Gasteiger partial charge in [0.2, 0.25) is 0 Å². The van der Waals surface area contributed by atoms with Crippen LogP contribution in [0, 0.1) is 0 Å². The predicted molar refractivity (Wildman–Crippen MR) is 301 cm³/mol. The van der Waals surface area contributed by atoms with Crippen molar-refractivity contribution in [3.8, 4) is 22.3 Å². The zero-order valence-electron chi connectivity index (χ0n) is 40.2. The number of aromatic nitrogens is 1. The van der Waals surface area contributed by atoms with Gasteiger partial charge in [-0.1, -0.05) is 155 Å². The molecular weight excluding hydrogens is 859 g/mol. The van der Waals surface area contributed by atoms with E-state index in [2.05, 4.69) is 266 Å². The van der Waals surface area contributed by atoms with Crippen LogP contribution >= 0.6 is 0 Å². The van der Waals surface area contributed by atoms with E-state index < -0.39 is 0 Å². The number of hydrogen-bond donors (Lipinski definition) is 0. The third kappa shape index (κ3) is 5.66. The number of fused-ring (bicyclic) bond motifs is 14. The standard InChI is InChI=1S/C68H49N3/c1-67(2)60-24-13-11-20-52(60)54-32-30-50(40-62(54)67)69(46-16-7-5-8-17-46)48-28-26-42-36-58-56-22-15-23-57-59-37-43-27-29-49(35-45(43)39-65(59)71(66(56)57)64(58)38-44(42)34-48)70(47-18-9-6-10-19-47)51-31-33-55-53-21-12-14-25-61(53)68(3,4)63(55)41-51/h5-41H,1-4H3. The zero-order chi connectivity index (χ0) is 47.3. The van der Waals surface area contributed by atoms with Crippen molar-refractivity contribution in [3.05, 3.63) is 247 Å². The fraction of sp³-hybridized carbons (Fsp3) is 0.0882. The normalized spacial score (nSPS) is 14.1. The molecule has 15 rings (SSSR count). The highest BCUT2D eigenvalue weighted by atomic mass is 15.1. The van der Waals surface area contributed by atoms with E-state index in [1.807, 2.05) is 0 Å². The molecule has 0 N–H and O–H groups in total. The second kappa shape index (κ2) is 14.4. The summed E-state index contributed by atoms with van der Waals surface area (Å²) in [6.07, 6.45) is 0. The molecule has 13 aromatic rings. The molecule has 0 aliphatic heterocycles. The summed E-state index contributed by atoms with van der Waals surface area (Å²) in [6, 6.07) is 84.1. The number of anilines is 6. The molecule has 3 nitrogen and oxygen atoms in total. The monoisotopic (exact) mass is 907 g/mol. The van der Waals surface area contributed by atoms with Crippen molar-refractivity contribution in [1.82, 2.24) is 4.40 Å². The second-order valence-corrected chi connectivity index (χ2v) is 21.0. The van der Waals surface area contributed by atoms with Gasteiger partial charge in [-0.2, -0.15) is 0 Å². The summed E-state index contributed by atoms with van der Waals surface area (Å²) in [6.45, 7) is 9.45. The van der Waals surface area contributed by atoms with Crippen LogP contribution in [0.25, 0.3) is 81.9 Å². The highest BCUT2D eigenvalue weighted by Gasteiger charge is 2.37. The van der Waals surface area contributed by atoms with E-state index >= 15 is 0 Å². The number of nitrogens with zero attached hydrogens (tertiary/aromatic N) is 3. The number of para-hydroxylation sites is 3. The van der Waals surface area contributed by atoms with Crippen LogP contribution in [0.15, 0.2) is 224 Å². The third-order valence-corrected chi connectivity index (χ3v) is 16.4. The molecular formula is C68H49N3. The van der Waals surface area contributed by atoms with Crippen LogP contribution in [0.4, 0.5) is 34.1 Å². The molecule has 0 spiro atoms. The van der Waals surface area contributed by atoms with Crippen LogP contribution in [0.3, 0.4) is 0 Å². The van der Waals surface area contributed by atoms with Gasteiger partial charge in [0, 0.05) is 66.5 Å². The van der Waals surface area contributed by atoms with Crippen molar-refractivity contribution in [2.75, 3.05) is 9.80 Å². The Bertz CT molecular complexity index is 4070. The van der Waals surface area contributed by atoms with E-state index in [1.54, 1.807) is 0 Å². The first-order valence-corrected chi connectivity index (χ1v) is 25.0. The molecule has 2 aliphatic carbocycles. The van der Waals surface area contributed by atoms with E-state index in [1.165, 1.54) is 104 Å². The van der Waals surface area contributed by atoms with Crippen molar-refractivity contribution in [3.63, 3.8) is 0 Å². The third-order valence-electron chi connectivity index (χ3n) is 16.4. The molecule has 0 saturated heterocycles. The molecule has 0 amide bonds. The fourth-order valence-electron chi connectivity index (χ4n) is 12.9. The summed E-state index contributed by atoms with van der Waals surface area (Å²) in [4.78, 5) is 4.85. The van der Waals surface area contributed by atoms with Gasteiger partial charge in [0.15, 0.2) is 0 Å². The molecule has 2 aliphatic rings. The first kappa shape index (κ1) is 40.2. The van der Waals surface area contributed by atoms with Crippen LogP contribution in [0.2, 0.25) is 0 Å². The van der Waals surface area contributed by atoms with E-state index in [9.17, 15) is 0 Å². The van der Waals surface area contributed by atoms with Crippen molar-refractivity contribution in [2.24, 2.45) is 0 Å². The zero-order valence-corrected chi connectivity index (χ0v) is 40.2. The molecule has 0 unspecified atom stereocenters. The average molecular weight is 908 g/mol. The maximum atomic E-state index is 2.54. The average Bonchev–Trinajstić information content (AvgIpc) is 4.05. The Morgan fingerprint density at radius 3 is 1.14 bits per heavy atom. The molecule has 0 bridgehead atoms. The molecule has 71 heavy (non-hydrogen) atoms. The summed E-state index contributed by atoms with van der Waals surface area (Å²) in [5, 5.41) is 10.0. The SMILES string of the molecule is CC1(C)c2ccccc2-c2ccc(N(c3ccccc3)c3ccc4cc5c6cccc7c8cc9ccc(N(c%10ccccc%10)c%10ccc%11c(c%10)C(C)(C)c%10ccccc%10-%11)cc9cc8n(c5cc4c3)c67)cc21. The van der Waals surface area contributed by atoms with E-state index in [0.717, 1.165) is 34.1 Å². The Hall–Kier alpha value is -8.66. The van der Waals surface area contributed by atoms with Crippen LogP contribution in [-0.2, 0) is 10.8 Å². The number of hydrogen-bond acceptors (Lipinski definition) is 2. The van der Waals surface area contributed by atoms with Crippen molar-refractivity contribution >= 4 is 93.8 Å². The Morgan fingerprint density at radius 1 is 0.282 bits per heavy atom. The van der Waals surface area contributed by atoms with Gasteiger partial charge in [0.1, 0.15) is 0 Å². The van der Waals surface area contributed by atoms with Gasteiger partial charge in [-0.25, -0.2) is 0 Å². The largest absolute Gasteiger partial charge is 0.310 e. The molecule has 3 heteroatoms. The summed E-state index contributed by atoms with van der Waals surface area (Å²) in [5.74, 6) is 0. The lowest BCUT2D eigenvalue weighted by Gasteiger charge is -2.28. The minimum atomic E-state index is -0.102.